The third-order valence-corrected chi connectivity index (χ3v) is 4.05. The molecule has 0 unspecified atom stereocenters. The van der Waals surface area contributed by atoms with Crippen molar-refractivity contribution >= 4 is 17.8 Å². The maximum Gasteiger partial charge on any atom is 0.433 e. The fraction of sp³-hybridized carbons (Fsp3) is 0.273. The Balaban J connectivity index is 0.00000107. The maximum atomic E-state index is 12.8. The Kier molecular flexibility index (Phi) is 7.99. The molecular formula is C22H21F3N4O2. The number of nitrogens with one attached hydrogen (secondary N) is 1. The van der Waals surface area contributed by atoms with Crippen LogP contribution in [0, 0.1) is 12.8 Å². The van der Waals surface area contributed by atoms with Gasteiger partial charge in [0.2, 0.25) is 5.95 Å². The summed E-state index contributed by atoms with van der Waals surface area (Å²) in [5, 5.41) is 2.86. The van der Waals surface area contributed by atoms with E-state index in [4.69, 9.17) is 9.59 Å². The monoisotopic (exact) mass is 430 g/mol. The van der Waals surface area contributed by atoms with Gasteiger partial charge in [-0.05, 0) is 54.7 Å². The van der Waals surface area contributed by atoms with Crippen molar-refractivity contribution in [2.45, 2.75) is 33.4 Å². The lowest BCUT2D eigenvalue weighted by Gasteiger charge is -2.11. The van der Waals surface area contributed by atoms with Crippen molar-refractivity contribution in [3.8, 4) is 11.1 Å². The van der Waals surface area contributed by atoms with Gasteiger partial charge in [0.15, 0.2) is 0 Å². The fourth-order valence-electron chi connectivity index (χ4n) is 2.86. The molecule has 0 bridgehead atoms. The van der Waals surface area contributed by atoms with Crippen molar-refractivity contribution in [2.75, 3.05) is 5.32 Å². The van der Waals surface area contributed by atoms with E-state index in [1.807, 2.05) is 43.5 Å². The SMILES string of the molecule is Cc1cc(Nc2nccc(C(F)(F)F)n2)cc(-c2ccc(CC(C)C)nc2)c1.O=C=O. The minimum Gasteiger partial charge on any atom is -0.324 e. The quantitative estimate of drug-likeness (QED) is 0.597. The standard InChI is InChI=1S/C21H21F3N4.CO2/c1-13(2)8-17-5-4-15(12-26-17)16-9-14(3)10-18(11-16)27-20-25-7-6-19(28-20)21(22,23)24;2-1-3/h4-7,9-13H,8H2,1-3H3,(H,25,27,28);. The molecule has 162 valence electrons. The number of nitrogens with zero attached hydrogens (tertiary/aromatic N) is 3. The van der Waals surface area contributed by atoms with E-state index in [9.17, 15) is 13.2 Å². The van der Waals surface area contributed by atoms with E-state index in [0.29, 0.717) is 11.6 Å². The first-order valence-electron chi connectivity index (χ1n) is 9.36. The fourth-order valence-corrected chi connectivity index (χ4v) is 2.86. The summed E-state index contributed by atoms with van der Waals surface area (Å²) in [6, 6.07) is 10.5. The molecule has 0 spiro atoms. The molecular weight excluding hydrogens is 409 g/mol. The lowest BCUT2D eigenvalue weighted by atomic mass is 10.0. The van der Waals surface area contributed by atoms with Gasteiger partial charge in [-0.15, -0.1) is 0 Å². The zero-order valence-corrected chi connectivity index (χ0v) is 17.2. The molecule has 9 heteroatoms. The Bertz CT molecular complexity index is 1050. The van der Waals surface area contributed by atoms with E-state index >= 15 is 0 Å². The summed E-state index contributed by atoms with van der Waals surface area (Å²) in [5.41, 5.74) is 3.46. The number of carbonyl (C=O) groups excluding carboxylic acids is 2. The van der Waals surface area contributed by atoms with Gasteiger partial charge in [-0.3, -0.25) is 4.98 Å². The van der Waals surface area contributed by atoms with Crippen LogP contribution >= 0.6 is 0 Å². The molecule has 0 aliphatic heterocycles. The van der Waals surface area contributed by atoms with Gasteiger partial charge < -0.3 is 5.32 Å². The molecule has 2 heterocycles. The van der Waals surface area contributed by atoms with Gasteiger partial charge in [-0.1, -0.05) is 26.0 Å². The predicted octanol–water partition coefficient (Wildman–Crippen LogP) is 5.22. The van der Waals surface area contributed by atoms with Crippen LogP contribution < -0.4 is 5.32 Å². The van der Waals surface area contributed by atoms with Crippen molar-refractivity contribution in [3.63, 3.8) is 0 Å². The second-order valence-electron chi connectivity index (χ2n) is 7.20. The van der Waals surface area contributed by atoms with Crippen LogP contribution in [0.3, 0.4) is 0 Å². The predicted molar refractivity (Wildman–Crippen MR) is 108 cm³/mol. The Hall–Kier alpha value is -3.58. The zero-order valence-electron chi connectivity index (χ0n) is 17.2. The number of halogens is 3. The maximum absolute atomic E-state index is 12.8. The summed E-state index contributed by atoms with van der Waals surface area (Å²) < 4.78 is 38.5. The number of aryl methyl sites for hydroxylation is 1. The highest BCUT2D eigenvalue weighted by atomic mass is 19.4. The first-order chi connectivity index (χ1) is 14.6. The molecule has 0 atom stereocenters. The Morgan fingerprint density at radius 2 is 1.74 bits per heavy atom. The number of rotatable bonds is 5. The highest BCUT2D eigenvalue weighted by Crippen LogP contribution is 2.29. The molecule has 3 aromatic rings. The number of alkyl halides is 3. The Morgan fingerprint density at radius 1 is 1.03 bits per heavy atom. The number of aromatic nitrogens is 3. The third-order valence-electron chi connectivity index (χ3n) is 4.05. The highest BCUT2D eigenvalue weighted by molar-refractivity contribution is 5.70. The van der Waals surface area contributed by atoms with Crippen LogP contribution in [0.5, 0.6) is 0 Å². The molecule has 0 aliphatic rings. The van der Waals surface area contributed by atoms with Gasteiger partial charge in [0.05, 0.1) is 0 Å². The van der Waals surface area contributed by atoms with Crippen molar-refractivity contribution in [1.29, 1.82) is 0 Å². The van der Waals surface area contributed by atoms with Crippen LogP contribution in [0.25, 0.3) is 11.1 Å². The summed E-state index contributed by atoms with van der Waals surface area (Å²) in [7, 11) is 0. The molecule has 1 aromatic carbocycles. The van der Waals surface area contributed by atoms with Crippen LogP contribution in [0.4, 0.5) is 24.8 Å². The first-order valence-corrected chi connectivity index (χ1v) is 9.36. The number of anilines is 2. The summed E-state index contributed by atoms with van der Waals surface area (Å²) in [6.07, 6.45) is -0.447. The van der Waals surface area contributed by atoms with Gasteiger partial charge in [0.25, 0.3) is 0 Å². The molecule has 0 radical (unpaired) electrons. The van der Waals surface area contributed by atoms with Crippen molar-refractivity contribution < 1.29 is 22.8 Å². The van der Waals surface area contributed by atoms with E-state index in [0.717, 1.165) is 41.1 Å². The van der Waals surface area contributed by atoms with E-state index in [2.05, 4.69) is 34.1 Å². The van der Waals surface area contributed by atoms with E-state index in [-0.39, 0.29) is 12.1 Å². The Labute approximate surface area is 177 Å². The van der Waals surface area contributed by atoms with Crippen LogP contribution in [0.2, 0.25) is 0 Å². The van der Waals surface area contributed by atoms with Crippen LogP contribution in [0.1, 0.15) is 30.8 Å². The minimum atomic E-state index is -4.51. The van der Waals surface area contributed by atoms with E-state index < -0.39 is 11.9 Å². The van der Waals surface area contributed by atoms with Gasteiger partial charge in [0, 0.05) is 29.3 Å². The highest BCUT2D eigenvalue weighted by Gasteiger charge is 2.32. The molecule has 0 saturated heterocycles. The summed E-state index contributed by atoms with van der Waals surface area (Å²) in [4.78, 5) is 28.2. The Morgan fingerprint density at radius 3 is 2.32 bits per heavy atom. The average Bonchev–Trinajstić information content (AvgIpc) is 2.68. The summed E-state index contributed by atoms with van der Waals surface area (Å²) in [5.74, 6) is 0.428. The number of hydrogen-bond donors (Lipinski definition) is 1. The van der Waals surface area contributed by atoms with Crippen LogP contribution in [-0.2, 0) is 22.2 Å². The normalized spacial score (nSPS) is 10.8. The van der Waals surface area contributed by atoms with Crippen molar-refractivity contribution in [2.24, 2.45) is 5.92 Å². The molecule has 0 saturated carbocycles. The molecule has 31 heavy (non-hydrogen) atoms. The van der Waals surface area contributed by atoms with Crippen LogP contribution in [-0.4, -0.2) is 21.1 Å². The molecule has 2 aromatic heterocycles. The molecule has 0 fully saturated rings. The number of pyridine rings is 1. The second-order valence-corrected chi connectivity index (χ2v) is 7.20. The number of benzene rings is 1. The topological polar surface area (TPSA) is 84.8 Å². The molecule has 3 rings (SSSR count). The smallest absolute Gasteiger partial charge is 0.324 e. The molecule has 1 N–H and O–H groups in total. The zero-order chi connectivity index (χ0) is 23.0. The third kappa shape index (κ3) is 7.31. The largest absolute Gasteiger partial charge is 0.433 e. The lowest BCUT2D eigenvalue weighted by Crippen LogP contribution is -2.10. The first kappa shape index (κ1) is 23.7. The van der Waals surface area contributed by atoms with Gasteiger partial charge in [-0.25, -0.2) is 9.97 Å². The van der Waals surface area contributed by atoms with Gasteiger partial charge in [0.1, 0.15) is 5.69 Å². The summed E-state index contributed by atoms with van der Waals surface area (Å²) >= 11 is 0. The number of hydrogen-bond acceptors (Lipinski definition) is 6. The molecule has 0 aliphatic carbocycles. The van der Waals surface area contributed by atoms with Gasteiger partial charge in [-0.2, -0.15) is 22.8 Å². The minimum absolute atomic E-state index is 0.100. The molecule has 0 amide bonds. The van der Waals surface area contributed by atoms with E-state index in [1.165, 1.54) is 0 Å². The summed E-state index contributed by atoms with van der Waals surface area (Å²) in [6.45, 7) is 6.20. The van der Waals surface area contributed by atoms with Crippen LogP contribution in [0.15, 0.2) is 48.8 Å². The van der Waals surface area contributed by atoms with Gasteiger partial charge >= 0.3 is 12.3 Å². The van der Waals surface area contributed by atoms with Crippen molar-refractivity contribution in [1.82, 2.24) is 15.0 Å². The second kappa shape index (κ2) is 10.4. The van der Waals surface area contributed by atoms with E-state index in [1.54, 1.807) is 0 Å². The average molecular weight is 430 g/mol. The lowest BCUT2D eigenvalue weighted by molar-refractivity contribution is -0.191. The van der Waals surface area contributed by atoms with Crippen molar-refractivity contribution in [3.05, 3.63) is 65.7 Å². The molecule has 6 nitrogen and oxygen atoms in total.